The molecular formula is C19H19N3O6S. The minimum Gasteiger partial charge on any atom is -0.449 e. The van der Waals surface area contributed by atoms with Crippen LogP contribution in [0.3, 0.4) is 0 Å². The monoisotopic (exact) mass is 417 g/mol. The number of rotatable bonds is 5. The summed E-state index contributed by atoms with van der Waals surface area (Å²) in [5, 5.41) is 14.6. The van der Waals surface area contributed by atoms with Gasteiger partial charge in [0.05, 0.1) is 17.5 Å². The maximum Gasteiger partial charge on any atom is 0.511 e. The van der Waals surface area contributed by atoms with Crippen molar-refractivity contribution in [2.24, 2.45) is 0 Å². The van der Waals surface area contributed by atoms with Gasteiger partial charge in [0, 0.05) is 29.7 Å². The van der Waals surface area contributed by atoms with Gasteiger partial charge in [-0.05, 0) is 49.4 Å². The number of nitrogens with zero attached hydrogens (tertiary/aromatic N) is 1. The van der Waals surface area contributed by atoms with Gasteiger partial charge in [0.25, 0.3) is 5.91 Å². The van der Waals surface area contributed by atoms with Gasteiger partial charge in [0.1, 0.15) is 5.75 Å². The molecule has 0 saturated carbocycles. The zero-order valence-electron chi connectivity index (χ0n) is 15.9. The maximum absolute atomic E-state index is 12.4. The van der Waals surface area contributed by atoms with Gasteiger partial charge in [0.2, 0.25) is 10.0 Å². The number of sulfonamides is 1. The Bertz CT molecular complexity index is 1120. The SMILES string of the molecule is C/C(Nc1ccc(N(C)S(C)(=O)=O)cc1)=C1/C(=O)Nc2ccc(OC(=O)O)cc21. The summed E-state index contributed by atoms with van der Waals surface area (Å²) in [6, 6.07) is 11.2. The molecule has 3 rings (SSSR count). The Balaban J connectivity index is 1.89. The van der Waals surface area contributed by atoms with Crippen LogP contribution < -0.4 is 19.7 Å². The van der Waals surface area contributed by atoms with Crippen LogP contribution in [-0.4, -0.2) is 38.9 Å². The summed E-state index contributed by atoms with van der Waals surface area (Å²) in [5.41, 5.74) is 3.12. The minimum atomic E-state index is -3.36. The van der Waals surface area contributed by atoms with Gasteiger partial charge in [-0.15, -0.1) is 0 Å². The molecule has 1 aliphatic rings. The molecule has 0 bridgehead atoms. The number of allylic oxidation sites excluding steroid dienone is 1. The zero-order chi connectivity index (χ0) is 21.3. The molecule has 0 aromatic heterocycles. The van der Waals surface area contributed by atoms with Crippen LogP contribution in [0.25, 0.3) is 5.57 Å². The molecule has 0 spiro atoms. The first kappa shape index (κ1) is 20.2. The number of ether oxygens (including phenoxy) is 1. The van der Waals surface area contributed by atoms with E-state index in [4.69, 9.17) is 5.11 Å². The Morgan fingerprint density at radius 3 is 2.41 bits per heavy atom. The van der Waals surface area contributed by atoms with Gasteiger partial charge < -0.3 is 20.5 Å². The van der Waals surface area contributed by atoms with Crippen LogP contribution in [0.4, 0.5) is 21.9 Å². The summed E-state index contributed by atoms with van der Waals surface area (Å²) in [4.78, 5) is 23.2. The van der Waals surface area contributed by atoms with Crippen LogP contribution in [0.1, 0.15) is 12.5 Å². The van der Waals surface area contributed by atoms with Crippen LogP contribution in [0.15, 0.2) is 48.2 Å². The van der Waals surface area contributed by atoms with Crippen LogP contribution in [0, 0.1) is 0 Å². The molecule has 152 valence electrons. The van der Waals surface area contributed by atoms with Crippen molar-refractivity contribution in [3.05, 3.63) is 53.7 Å². The number of anilines is 3. The Morgan fingerprint density at radius 2 is 1.83 bits per heavy atom. The molecule has 9 nitrogen and oxygen atoms in total. The average molecular weight is 417 g/mol. The molecule has 0 aliphatic carbocycles. The Morgan fingerprint density at radius 1 is 1.17 bits per heavy atom. The molecule has 0 unspecified atom stereocenters. The van der Waals surface area contributed by atoms with E-state index in [0.29, 0.717) is 33.9 Å². The maximum atomic E-state index is 12.4. The van der Waals surface area contributed by atoms with Gasteiger partial charge in [-0.1, -0.05) is 0 Å². The highest BCUT2D eigenvalue weighted by Gasteiger charge is 2.27. The van der Waals surface area contributed by atoms with Gasteiger partial charge >= 0.3 is 6.16 Å². The number of hydrogen-bond acceptors (Lipinski definition) is 6. The summed E-state index contributed by atoms with van der Waals surface area (Å²) in [5.74, 6) is -0.225. The number of carbonyl (C=O) groups excluding carboxylic acids is 1. The molecule has 10 heteroatoms. The van der Waals surface area contributed by atoms with E-state index in [1.54, 1.807) is 37.3 Å². The van der Waals surface area contributed by atoms with E-state index in [9.17, 15) is 18.0 Å². The fourth-order valence-electron chi connectivity index (χ4n) is 2.91. The molecule has 0 saturated heterocycles. The lowest BCUT2D eigenvalue weighted by Gasteiger charge is -2.17. The second-order valence-electron chi connectivity index (χ2n) is 6.43. The number of carboxylic acid groups (broad SMARTS) is 1. The topological polar surface area (TPSA) is 125 Å². The lowest BCUT2D eigenvalue weighted by Crippen LogP contribution is -2.24. The van der Waals surface area contributed by atoms with Crippen LogP contribution in [0.2, 0.25) is 0 Å². The van der Waals surface area contributed by atoms with E-state index in [-0.39, 0.29) is 11.7 Å². The van der Waals surface area contributed by atoms with Crippen molar-refractivity contribution in [3.8, 4) is 5.75 Å². The van der Waals surface area contributed by atoms with Crippen molar-refractivity contribution in [1.29, 1.82) is 0 Å². The molecule has 0 fully saturated rings. The van der Waals surface area contributed by atoms with E-state index in [0.717, 1.165) is 10.6 Å². The van der Waals surface area contributed by atoms with Crippen molar-refractivity contribution >= 4 is 44.7 Å². The molecular weight excluding hydrogens is 398 g/mol. The van der Waals surface area contributed by atoms with E-state index < -0.39 is 16.2 Å². The quantitative estimate of drug-likeness (QED) is 0.388. The summed E-state index contributed by atoms with van der Waals surface area (Å²) in [6.45, 7) is 1.71. The Hall–Kier alpha value is -3.53. The predicted molar refractivity (Wildman–Crippen MR) is 110 cm³/mol. The minimum absolute atomic E-state index is 0.103. The predicted octanol–water partition coefficient (Wildman–Crippen LogP) is 2.93. The fraction of sp³-hybridized carbons (Fsp3) is 0.158. The molecule has 29 heavy (non-hydrogen) atoms. The highest BCUT2D eigenvalue weighted by atomic mass is 32.2. The van der Waals surface area contributed by atoms with Gasteiger partial charge in [-0.2, -0.15) is 0 Å². The normalized spacial score (nSPS) is 14.7. The van der Waals surface area contributed by atoms with E-state index >= 15 is 0 Å². The number of hydrogen-bond donors (Lipinski definition) is 3. The van der Waals surface area contributed by atoms with Crippen molar-refractivity contribution in [2.45, 2.75) is 6.92 Å². The summed E-state index contributed by atoms with van der Waals surface area (Å²) in [6.07, 6.45) is -0.326. The number of benzene rings is 2. The van der Waals surface area contributed by atoms with Gasteiger partial charge in [-0.25, -0.2) is 13.2 Å². The number of fused-ring (bicyclic) bond motifs is 1. The molecule has 3 N–H and O–H groups in total. The third-order valence-electron chi connectivity index (χ3n) is 4.38. The van der Waals surface area contributed by atoms with Crippen molar-refractivity contribution in [3.63, 3.8) is 0 Å². The van der Waals surface area contributed by atoms with E-state index in [2.05, 4.69) is 15.4 Å². The first-order valence-electron chi connectivity index (χ1n) is 8.44. The number of nitrogens with one attached hydrogen (secondary N) is 2. The van der Waals surface area contributed by atoms with Crippen LogP contribution >= 0.6 is 0 Å². The average Bonchev–Trinajstić information content (AvgIpc) is 2.95. The Labute approximate surface area is 167 Å². The molecule has 2 aromatic carbocycles. The van der Waals surface area contributed by atoms with E-state index in [1.165, 1.54) is 19.2 Å². The molecule has 0 atom stereocenters. The third-order valence-corrected chi connectivity index (χ3v) is 5.58. The third kappa shape index (κ3) is 4.32. The molecule has 1 amide bonds. The van der Waals surface area contributed by atoms with Crippen molar-refractivity contribution < 1.29 is 27.9 Å². The molecule has 2 aromatic rings. The smallest absolute Gasteiger partial charge is 0.449 e. The lowest BCUT2D eigenvalue weighted by atomic mass is 10.0. The fourth-order valence-corrected chi connectivity index (χ4v) is 3.41. The van der Waals surface area contributed by atoms with Crippen LogP contribution in [-0.2, 0) is 14.8 Å². The van der Waals surface area contributed by atoms with Crippen molar-refractivity contribution in [2.75, 3.05) is 28.2 Å². The lowest BCUT2D eigenvalue weighted by molar-refractivity contribution is -0.110. The largest absolute Gasteiger partial charge is 0.511 e. The zero-order valence-corrected chi connectivity index (χ0v) is 16.7. The van der Waals surface area contributed by atoms with Gasteiger partial charge in [0.15, 0.2) is 0 Å². The van der Waals surface area contributed by atoms with Gasteiger partial charge in [-0.3, -0.25) is 9.10 Å². The summed E-state index contributed by atoms with van der Waals surface area (Å²) in [7, 11) is -1.90. The number of amides is 1. The molecule has 0 radical (unpaired) electrons. The highest BCUT2D eigenvalue weighted by molar-refractivity contribution is 7.92. The second-order valence-corrected chi connectivity index (χ2v) is 8.45. The van der Waals surface area contributed by atoms with Crippen molar-refractivity contribution in [1.82, 2.24) is 0 Å². The Kier molecular flexibility index (Phi) is 5.21. The highest BCUT2D eigenvalue weighted by Crippen LogP contribution is 2.36. The summed E-state index contributed by atoms with van der Waals surface area (Å²) >= 11 is 0. The number of carbonyl (C=O) groups is 2. The molecule has 1 heterocycles. The van der Waals surface area contributed by atoms with Crippen LogP contribution in [0.5, 0.6) is 5.75 Å². The summed E-state index contributed by atoms with van der Waals surface area (Å²) < 4.78 is 29.1. The standard InChI is InChI=1S/C19H19N3O6S/c1-11(20-12-4-6-13(7-5-12)22(2)29(3,26)27)17-15-10-14(28-19(24)25)8-9-16(15)21-18(17)23/h4-10,20H,1-3H3,(H,21,23)(H,24,25)/b17-11-. The van der Waals surface area contributed by atoms with E-state index in [1.807, 2.05) is 0 Å². The first-order valence-corrected chi connectivity index (χ1v) is 10.3. The molecule has 1 aliphatic heterocycles. The second kappa shape index (κ2) is 7.47. The first-order chi connectivity index (χ1) is 13.6.